The second-order valence-corrected chi connectivity index (χ2v) is 4.39. The zero-order chi connectivity index (χ0) is 13.5. The Bertz CT molecular complexity index is 396. The second kappa shape index (κ2) is 7.10. The lowest BCUT2D eigenvalue weighted by atomic mass is 10.3. The molecule has 0 amide bonds. The number of nitrogens with zero attached hydrogens (tertiary/aromatic N) is 3. The standard InChI is InChI=1S/C12H21N5O2/c1-18-11-9-10(15-12(13)16-11)14-3-2-4-17-5-7-19-8-6-17/h9H,2-8H2,1H3,(H3,13,14,15,16). The highest BCUT2D eigenvalue weighted by atomic mass is 16.5. The van der Waals surface area contributed by atoms with E-state index in [-0.39, 0.29) is 5.95 Å². The maximum absolute atomic E-state index is 5.59. The third-order valence-electron chi connectivity index (χ3n) is 2.99. The number of ether oxygens (including phenoxy) is 2. The summed E-state index contributed by atoms with van der Waals surface area (Å²) < 4.78 is 10.4. The molecule has 0 spiro atoms. The van der Waals surface area contributed by atoms with E-state index >= 15 is 0 Å². The van der Waals surface area contributed by atoms with Gasteiger partial charge in [0, 0.05) is 25.7 Å². The van der Waals surface area contributed by atoms with Crippen LogP contribution in [0.5, 0.6) is 5.88 Å². The molecule has 0 saturated carbocycles. The summed E-state index contributed by atoms with van der Waals surface area (Å²) >= 11 is 0. The highest BCUT2D eigenvalue weighted by molar-refractivity contribution is 5.42. The van der Waals surface area contributed by atoms with Gasteiger partial charge in [0.2, 0.25) is 11.8 Å². The minimum absolute atomic E-state index is 0.218. The van der Waals surface area contributed by atoms with E-state index in [1.54, 1.807) is 13.2 Å². The smallest absolute Gasteiger partial charge is 0.225 e. The fourth-order valence-electron chi connectivity index (χ4n) is 1.98. The lowest BCUT2D eigenvalue weighted by molar-refractivity contribution is 0.0378. The molecule has 2 heterocycles. The fourth-order valence-corrected chi connectivity index (χ4v) is 1.98. The highest BCUT2D eigenvalue weighted by Gasteiger charge is 2.09. The molecule has 1 fully saturated rings. The van der Waals surface area contributed by atoms with Gasteiger partial charge in [-0.3, -0.25) is 4.90 Å². The Morgan fingerprint density at radius 2 is 2.21 bits per heavy atom. The van der Waals surface area contributed by atoms with Crippen LogP contribution in [-0.2, 0) is 4.74 Å². The number of aromatic nitrogens is 2. The number of methoxy groups -OCH3 is 1. The Morgan fingerprint density at radius 1 is 1.42 bits per heavy atom. The molecule has 0 atom stereocenters. The topological polar surface area (TPSA) is 85.5 Å². The number of nitrogens with two attached hydrogens (primary N) is 1. The molecule has 1 aliphatic rings. The first-order valence-electron chi connectivity index (χ1n) is 6.50. The molecule has 7 nitrogen and oxygen atoms in total. The van der Waals surface area contributed by atoms with Crippen LogP contribution in [0.4, 0.5) is 11.8 Å². The van der Waals surface area contributed by atoms with Crippen LogP contribution in [0.25, 0.3) is 0 Å². The van der Waals surface area contributed by atoms with E-state index in [0.717, 1.165) is 45.8 Å². The quantitative estimate of drug-likeness (QED) is 0.712. The Morgan fingerprint density at radius 3 is 2.95 bits per heavy atom. The van der Waals surface area contributed by atoms with Gasteiger partial charge in [-0.05, 0) is 13.0 Å². The van der Waals surface area contributed by atoms with Crippen molar-refractivity contribution >= 4 is 11.8 Å². The number of nitrogen functional groups attached to an aromatic ring is 1. The van der Waals surface area contributed by atoms with E-state index in [1.807, 2.05) is 0 Å². The molecule has 0 aromatic carbocycles. The van der Waals surface area contributed by atoms with Crippen LogP contribution in [0, 0.1) is 0 Å². The number of hydrogen-bond donors (Lipinski definition) is 2. The molecule has 2 rings (SSSR count). The summed E-state index contributed by atoms with van der Waals surface area (Å²) in [6.07, 6.45) is 1.05. The van der Waals surface area contributed by atoms with E-state index in [1.165, 1.54) is 0 Å². The SMILES string of the molecule is COc1cc(NCCCN2CCOCC2)nc(N)n1. The van der Waals surface area contributed by atoms with Crippen molar-refractivity contribution in [1.29, 1.82) is 0 Å². The maximum atomic E-state index is 5.59. The van der Waals surface area contributed by atoms with Crippen LogP contribution < -0.4 is 15.8 Å². The Balaban J connectivity index is 1.71. The summed E-state index contributed by atoms with van der Waals surface area (Å²) in [4.78, 5) is 10.4. The van der Waals surface area contributed by atoms with Crippen molar-refractivity contribution in [1.82, 2.24) is 14.9 Å². The van der Waals surface area contributed by atoms with Crippen molar-refractivity contribution < 1.29 is 9.47 Å². The average Bonchev–Trinajstić information content (AvgIpc) is 2.44. The molecule has 0 radical (unpaired) electrons. The van der Waals surface area contributed by atoms with Gasteiger partial charge in [-0.1, -0.05) is 0 Å². The zero-order valence-electron chi connectivity index (χ0n) is 11.3. The van der Waals surface area contributed by atoms with Crippen LogP contribution in [0.1, 0.15) is 6.42 Å². The van der Waals surface area contributed by atoms with E-state index in [4.69, 9.17) is 15.2 Å². The maximum Gasteiger partial charge on any atom is 0.225 e. The molecule has 0 aliphatic carbocycles. The number of anilines is 2. The summed E-state index contributed by atoms with van der Waals surface area (Å²) in [6.45, 7) is 5.63. The van der Waals surface area contributed by atoms with Crippen molar-refractivity contribution in [2.45, 2.75) is 6.42 Å². The van der Waals surface area contributed by atoms with Crippen LogP contribution in [0.3, 0.4) is 0 Å². The highest BCUT2D eigenvalue weighted by Crippen LogP contribution is 2.13. The van der Waals surface area contributed by atoms with Gasteiger partial charge < -0.3 is 20.5 Å². The Labute approximate surface area is 113 Å². The summed E-state index contributed by atoms with van der Waals surface area (Å²) in [6, 6.07) is 1.74. The fraction of sp³-hybridized carbons (Fsp3) is 0.667. The average molecular weight is 267 g/mol. The molecular formula is C12H21N5O2. The Kier molecular flexibility index (Phi) is 5.17. The number of morpholine rings is 1. The van der Waals surface area contributed by atoms with Crippen LogP contribution in [-0.4, -0.2) is 61.4 Å². The molecule has 106 valence electrons. The largest absolute Gasteiger partial charge is 0.481 e. The van der Waals surface area contributed by atoms with Crippen molar-refractivity contribution in [3.8, 4) is 5.88 Å². The summed E-state index contributed by atoms with van der Waals surface area (Å²) in [5, 5.41) is 3.23. The minimum atomic E-state index is 0.218. The molecule has 1 aromatic rings. The predicted octanol–water partition coefficient (Wildman–Crippen LogP) is 0.202. The third kappa shape index (κ3) is 4.53. The summed E-state index contributed by atoms with van der Waals surface area (Å²) in [7, 11) is 1.56. The van der Waals surface area contributed by atoms with E-state index < -0.39 is 0 Å². The first-order chi connectivity index (χ1) is 9.28. The third-order valence-corrected chi connectivity index (χ3v) is 2.99. The van der Waals surface area contributed by atoms with Crippen LogP contribution in [0.15, 0.2) is 6.07 Å². The number of rotatable bonds is 6. The van der Waals surface area contributed by atoms with Crippen molar-refractivity contribution in [2.24, 2.45) is 0 Å². The van der Waals surface area contributed by atoms with Crippen LogP contribution >= 0.6 is 0 Å². The van der Waals surface area contributed by atoms with Gasteiger partial charge in [0.1, 0.15) is 5.82 Å². The summed E-state index contributed by atoms with van der Waals surface area (Å²) in [5.41, 5.74) is 5.59. The molecule has 3 N–H and O–H groups in total. The lowest BCUT2D eigenvalue weighted by Crippen LogP contribution is -2.37. The molecule has 7 heteroatoms. The van der Waals surface area contributed by atoms with E-state index in [9.17, 15) is 0 Å². The second-order valence-electron chi connectivity index (χ2n) is 4.39. The molecular weight excluding hydrogens is 246 g/mol. The molecule has 1 saturated heterocycles. The Hall–Kier alpha value is -1.60. The molecule has 0 unspecified atom stereocenters. The minimum Gasteiger partial charge on any atom is -0.481 e. The van der Waals surface area contributed by atoms with E-state index in [2.05, 4.69) is 20.2 Å². The predicted molar refractivity (Wildman–Crippen MR) is 73.4 cm³/mol. The van der Waals surface area contributed by atoms with Gasteiger partial charge in [0.15, 0.2) is 0 Å². The van der Waals surface area contributed by atoms with E-state index in [0.29, 0.717) is 11.7 Å². The van der Waals surface area contributed by atoms with Crippen molar-refractivity contribution in [2.75, 3.05) is 57.6 Å². The molecule has 19 heavy (non-hydrogen) atoms. The monoisotopic (exact) mass is 267 g/mol. The number of hydrogen-bond acceptors (Lipinski definition) is 7. The first-order valence-corrected chi connectivity index (χ1v) is 6.50. The normalized spacial score (nSPS) is 16.3. The van der Waals surface area contributed by atoms with Gasteiger partial charge in [-0.15, -0.1) is 0 Å². The van der Waals surface area contributed by atoms with Crippen LogP contribution in [0.2, 0.25) is 0 Å². The van der Waals surface area contributed by atoms with Crippen molar-refractivity contribution in [3.63, 3.8) is 0 Å². The van der Waals surface area contributed by atoms with Gasteiger partial charge >= 0.3 is 0 Å². The van der Waals surface area contributed by atoms with Crippen molar-refractivity contribution in [3.05, 3.63) is 6.07 Å². The van der Waals surface area contributed by atoms with Gasteiger partial charge in [0.25, 0.3) is 0 Å². The first kappa shape index (κ1) is 13.8. The lowest BCUT2D eigenvalue weighted by Gasteiger charge is -2.26. The number of nitrogens with one attached hydrogen (secondary N) is 1. The molecule has 1 aromatic heterocycles. The molecule has 0 bridgehead atoms. The molecule has 1 aliphatic heterocycles. The zero-order valence-corrected chi connectivity index (χ0v) is 11.3. The summed E-state index contributed by atoms with van der Waals surface area (Å²) in [5.74, 6) is 1.39. The van der Waals surface area contributed by atoms with Gasteiger partial charge in [0.05, 0.1) is 20.3 Å². The van der Waals surface area contributed by atoms with Gasteiger partial charge in [-0.25, -0.2) is 0 Å². The van der Waals surface area contributed by atoms with Gasteiger partial charge in [-0.2, -0.15) is 9.97 Å².